The molecule has 1 aliphatic rings. The number of carbonyl (C=O) groups is 1. The lowest BCUT2D eigenvalue weighted by Gasteiger charge is -2.32. The highest BCUT2D eigenvalue weighted by Gasteiger charge is 2.26. The fraction of sp³-hybridized carbons (Fsp3) is 0.238. The van der Waals surface area contributed by atoms with Gasteiger partial charge in [0.2, 0.25) is 0 Å². The number of amides is 1. The SMILES string of the molecule is O=C(c1ccc2ncccc2c1)N1CCCC(c2ccc3cn[nH]c3n2)C1. The smallest absolute Gasteiger partial charge is 0.253 e. The first kappa shape index (κ1) is 15.9. The molecule has 0 bridgehead atoms. The Balaban J connectivity index is 1.39. The second-order valence-corrected chi connectivity index (χ2v) is 7.05. The zero-order valence-corrected chi connectivity index (χ0v) is 14.8. The number of aromatic amines is 1. The number of benzene rings is 1. The number of aromatic nitrogens is 4. The zero-order chi connectivity index (χ0) is 18.2. The predicted octanol–water partition coefficient (Wildman–Crippen LogP) is 3.53. The summed E-state index contributed by atoms with van der Waals surface area (Å²) in [5.41, 5.74) is 3.45. The van der Waals surface area contributed by atoms with Crippen molar-refractivity contribution in [3.63, 3.8) is 0 Å². The minimum absolute atomic E-state index is 0.0769. The van der Waals surface area contributed by atoms with Gasteiger partial charge in [-0.2, -0.15) is 5.10 Å². The molecule has 0 spiro atoms. The van der Waals surface area contributed by atoms with Crippen LogP contribution in [0.1, 0.15) is 34.8 Å². The largest absolute Gasteiger partial charge is 0.338 e. The van der Waals surface area contributed by atoms with Crippen molar-refractivity contribution < 1.29 is 4.79 Å². The number of likely N-dealkylation sites (tertiary alicyclic amines) is 1. The summed E-state index contributed by atoms with van der Waals surface area (Å²) >= 11 is 0. The van der Waals surface area contributed by atoms with Crippen molar-refractivity contribution in [2.75, 3.05) is 13.1 Å². The fourth-order valence-corrected chi connectivity index (χ4v) is 3.86. The van der Waals surface area contributed by atoms with Crippen LogP contribution < -0.4 is 0 Å². The Hall–Kier alpha value is -3.28. The molecule has 5 rings (SSSR count). The van der Waals surface area contributed by atoms with Crippen LogP contribution >= 0.6 is 0 Å². The van der Waals surface area contributed by atoms with Gasteiger partial charge in [0.15, 0.2) is 5.65 Å². The van der Waals surface area contributed by atoms with E-state index in [2.05, 4.69) is 21.2 Å². The maximum atomic E-state index is 13.1. The number of pyridine rings is 2. The molecule has 1 atom stereocenters. The summed E-state index contributed by atoms with van der Waals surface area (Å²) in [6.07, 6.45) is 5.56. The van der Waals surface area contributed by atoms with Gasteiger partial charge in [0.05, 0.1) is 11.7 Å². The van der Waals surface area contributed by atoms with Gasteiger partial charge in [0.1, 0.15) is 0 Å². The summed E-state index contributed by atoms with van der Waals surface area (Å²) in [5.74, 6) is 0.325. The van der Waals surface area contributed by atoms with Crippen molar-refractivity contribution in [3.05, 3.63) is 66.1 Å². The molecule has 1 N–H and O–H groups in total. The van der Waals surface area contributed by atoms with Gasteiger partial charge in [-0.1, -0.05) is 6.07 Å². The Kier molecular flexibility index (Phi) is 3.81. The predicted molar refractivity (Wildman–Crippen MR) is 104 cm³/mol. The number of nitrogens with zero attached hydrogens (tertiary/aromatic N) is 4. The molecule has 6 heteroatoms. The molecular formula is C21H19N5O. The quantitative estimate of drug-likeness (QED) is 0.595. The van der Waals surface area contributed by atoms with Crippen LogP contribution in [0.15, 0.2) is 54.9 Å². The molecule has 1 unspecified atom stereocenters. The monoisotopic (exact) mass is 357 g/mol. The summed E-state index contributed by atoms with van der Waals surface area (Å²) in [5, 5.41) is 8.96. The highest BCUT2D eigenvalue weighted by molar-refractivity contribution is 5.98. The Morgan fingerprint density at radius 1 is 1.15 bits per heavy atom. The van der Waals surface area contributed by atoms with Crippen LogP contribution in [-0.2, 0) is 0 Å². The van der Waals surface area contributed by atoms with Crippen molar-refractivity contribution in [1.29, 1.82) is 0 Å². The van der Waals surface area contributed by atoms with Crippen molar-refractivity contribution >= 4 is 27.8 Å². The van der Waals surface area contributed by atoms with Gasteiger partial charge >= 0.3 is 0 Å². The van der Waals surface area contributed by atoms with Crippen LogP contribution in [0.25, 0.3) is 21.9 Å². The number of rotatable bonds is 2. The number of nitrogens with one attached hydrogen (secondary N) is 1. The lowest BCUT2D eigenvalue weighted by Crippen LogP contribution is -2.39. The van der Waals surface area contributed by atoms with E-state index in [4.69, 9.17) is 4.98 Å². The van der Waals surface area contributed by atoms with E-state index >= 15 is 0 Å². The number of hydrogen-bond acceptors (Lipinski definition) is 4. The molecule has 0 radical (unpaired) electrons. The van der Waals surface area contributed by atoms with Crippen LogP contribution in [0.2, 0.25) is 0 Å². The average Bonchev–Trinajstić information content (AvgIpc) is 3.21. The molecule has 1 saturated heterocycles. The van der Waals surface area contributed by atoms with E-state index in [-0.39, 0.29) is 11.8 Å². The highest BCUT2D eigenvalue weighted by Crippen LogP contribution is 2.28. The fourth-order valence-electron chi connectivity index (χ4n) is 3.86. The molecule has 0 saturated carbocycles. The third-order valence-corrected chi connectivity index (χ3v) is 5.30. The first-order valence-corrected chi connectivity index (χ1v) is 9.22. The van der Waals surface area contributed by atoms with E-state index in [1.54, 1.807) is 12.4 Å². The van der Waals surface area contributed by atoms with Gasteiger partial charge in [-0.25, -0.2) is 4.98 Å². The maximum absolute atomic E-state index is 13.1. The van der Waals surface area contributed by atoms with Gasteiger partial charge in [-0.05, 0) is 49.2 Å². The first-order chi connectivity index (χ1) is 13.3. The summed E-state index contributed by atoms with van der Waals surface area (Å²) in [6.45, 7) is 1.48. The second kappa shape index (κ2) is 6.46. The summed E-state index contributed by atoms with van der Waals surface area (Å²) in [7, 11) is 0. The van der Waals surface area contributed by atoms with Gasteiger partial charge in [0.25, 0.3) is 5.91 Å². The third-order valence-electron chi connectivity index (χ3n) is 5.30. The lowest BCUT2D eigenvalue weighted by molar-refractivity contribution is 0.0706. The van der Waals surface area contributed by atoms with E-state index in [1.165, 1.54) is 0 Å². The summed E-state index contributed by atoms with van der Waals surface area (Å²) in [6, 6.07) is 13.7. The first-order valence-electron chi connectivity index (χ1n) is 9.22. The molecule has 6 nitrogen and oxygen atoms in total. The van der Waals surface area contributed by atoms with E-state index in [0.717, 1.165) is 47.0 Å². The summed E-state index contributed by atoms with van der Waals surface area (Å²) in [4.78, 5) is 24.0. The van der Waals surface area contributed by atoms with Gasteiger partial charge in [0, 0.05) is 47.2 Å². The van der Waals surface area contributed by atoms with Crippen LogP contribution in [-0.4, -0.2) is 44.1 Å². The Morgan fingerprint density at radius 2 is 2.11 bits per heavy atom. The molecule has 1 aliphatic heterocycles. The van der Waals surface area contributed by atoms with Crippen LogP contribution in [0.5, 0.6) is 0 Å². The van der Waals surface area contributed by atoms with Crippen LogP contribution in [0.3, 0.4) is 0 Å². The van der Waals surface area contributed by atoms with E-state index in [0.29, 0.717) is 12.1 Å². The standard InChI is InChI=1S/C21H19N5O/c27-21(15-5-7-18-14(11-15)3-1-9-22-18)26-10-2-4-17(13-26)19-8-6-16-12-23-25-20(16)24-19/h1,3,5-9,11-12,17H,2,4,10,13H2,(H,23,24,25). The number of fused-ring (bicyclic) bond motifs is 2. The normalized spacial score (nSPS) is 17.5. The van der Waals surface area contributed by atoms with Gasteiger partial charge < -0.3 is 4.90 Å². The van der Waals surface area contributed by atoms with Crippen molar-refractivity contribution in [2.45, 2.75) is 18.8 Å². The van der Waals surface area contributed by atoms with Crippen molar-refractivity contribution in [2.24, 2.45) is 0 Å². The van der Waals surface area contributed by atoms with Crippen LogP contribution in [0, 0.1) is 0 Å². The third kappa shape index (κ3) is 2.93. The number of hydrogen-bond donors (Lipinski definition) is 1. The molecule has 3 aromatic heterocycles. The Morgan fingerprint density at radius 3 is 3.07 bits per heavy atom. The molecule has 1 fully saturated rings. The van der Waals surface area contributed by atoms with E-state index in [9.17, 15) is 4.79 Å². The lowest BCUT2D eigenvalue weighted by atomic mass is 9.93. The van der Waals surface area contributed by atoms with Crippen molar-refractivity contribution in [1.82, 2.24) is 25.1 Å². The molecule has 1 amide bonds. The molecular weight excluding hydrogens is 338 g/mol. The molecule has 0 aliphatic carbocycles. The summed E-state index contributed by atoms with van der Waals surface area (Å²) < 4.78 is 0. The number of carbonyl (C=O) groups excluding carboxylic acids is 1. The maximum Gasteiger partial charge on any atom is 0.253 e. The molecule has 27 heavy (non-hydrogen) atoms. The Labute approximate surface area is 156 Å². The van der Waals surface area contributed by atoms with E-state index in [1.807, 2.05) is 41.3 Å². The highest BCUT2D eigenvalue weighted by atomic mass is 16.2. The minimum atomic E-state index is 0.0769. The number of H-pyrrole nitrogens is 1. The average molecular weight is 357 g/mol. The Bertz CT molecular complexity index is 1140. The van der Waals surface area contributed by atoms with Crippen LogP contribution in [0.4, 0.5) is 0 Å². The van der Waals surface area contributed by atoms with E-state index < -0.39 is 0 Å². The molecule has 1 aromatic carbocycles. The molecule has 4 heterocycles. The van der Waals surface area contributed by atoms with Crippen molar-refractivity contribution in [3.8, 4) is 0 Å². The number of piperidine rings is 1. The minimum Gasteiger partial charge on any atom is -0.338 e. The second-order valence-electron chi connectivity index (χ2n) is 7.05. The van der Waals surface area contributed by atoms with Gasteiger partial charge in [-0.3, -0.25) is 14.9 Å². The topological polar surface area (TPSA) is 74.8 Å². The van der Waals surface area contributed by atoms with Gasteiger partial charge in [-0.15, -0.1) is 0 Å². The molecule has 134 valence electrons. The molecule has 4 aromatic rings. The zero-order valence-electron chi connectivity index (χ0n) is 14.8.